The lowest BCUT2D eigenvalue weighted by molar-refractivity contribution is 0.0652. The average molecular weight is 382 g/mol. The maximum absolute atomic E-state index is 12.4. The predicted octanol–water partition coefficient (Wildman–Crippen LogP) is 2.37. The van der Waals surface area contributed by atoms with Crippen LogP contribution in [0.4, 0.5) is 0 Å². The molecule has 0 unspecified atom stereocenters. The van der Waals surface area contributed by atoms with Gasteiger partial charge >= 0.3 is 0 Å². The molecule has 0 heterocycles. The minimum Gasteiger partial charge on any atom is -0.339 e. The molecule has 1 fully saturated rings. The van der Waals surface area contributed by atoms with Gasteiger partial charge in [-0.3, -0.25) is 4.79 Å². The largest absolute Gasteiger partial charge is 0.339 e. The van der Waals surface area contributed by atoms with Crippen LogP contribution in [0, 0.1) is 0 Å². The Hall–Kier alpha value is -0.630. The Morgan fingerprint density at radius 1 is 1.45 bits per heavy atom. The van der Waals surface area contributed by atoms with Gasteiger partial charge in [-0.05, 0) is 31.4 Å². The van der Waals surface area contributed by atoms with Crippen LogP contribution in [0.5, 0.6) is 0 Å². The third kappa shape index (κ3) is 3.00. The standard InChI is InChI=1S/C12H14BrClN2O3S/c1-16(8-3-2-4-8)12(17)9-5-7(13)6-10(11(9)14)20(15,18)19/h5-6,8H,2-4H2,1H3,(H2,15,18,19). The fraction of sp³-hybridized carbons (Fsp3) is 0.417. The summed E-state index contributed by atoms with van der Waals surface area (Å²) >= 11 is 9.22. The van der Waals surface area contributed by atoms with Crippen LogP contribution in [-0.4, -0.2) is 32.3 Å². The molecule has 0 radical (unpaired) electrons. The van der Waals surface area contributed by atoms with E-state index in [-0.39, 0.29) is 27.4 Å². The summed E-state index contributed by atoms with van der Waals surface area (Å²) in [5, 5.41) is 4.98. The Labute approximate surface area is 131 Å². The van der Waals surface area contributed by atoms with E-state index in [9.17, 15) is 13.2 Å². The SMILES string of the molecule is CN(C(=O)c1cc(Br)cc(S(N)(=O)=O)c1Cl)C1CCC1. The van der Waals surface area contributed by atoms with Gasteiger partial charge in [-0.25, -0.2) is 13.6 Å². The molecule has 1 aromatic carbocycles. The number of rotatable bonds is 3. The molecule has 1 aliphatic carbocycles. The van der Waals surface area contributed by atoms with Crippen molar-refractivity contribution >= 4 is 43.5 Å². The highest BCUT2D eigenvalue weighted by Gasteiger charge is 2.29. The first-order valence-electron chi connectivity index (χ1n) is 6.01. The summed E-state index contributed by atoms with van der Waals surface area (Å²) < 4.78 is 23.4. The first kappa shape index (κ1) is 15.8. The predicted molar refractivity (Wildman–Crippen MR) is 80.3 cm³/mol. The van der Waals surface area contributed by atoms with Gasteiger partial charge in [0.05, 0.1) is 10.6 Å². The Morgan fingerprint density at radius 3 is 2.50 bits per heavy atom. The zero-order valence-corrected chi connectivity index (χ0v) is 13.9. The van der Waals surface area contributed by atoms with Crippen LogP contribution in [0.25, 0.3) is 0 Å². The Kier molecular flexibility index (Phi) is 4.44. The summed E-state index contributed by atoms with van der Waals surface area (Å²) in [6.45, 7) is 0. The van der Waals surface area contributed by atoms with Crippen molar-refractivity contribution in [3.63, 3.8) is 0 Å². The molecular formula is C12H14BrClN2O3S. The second-order valence-corrected chi connectivity index (χ2v) is 7.63. The zero-order valence-electron chi connectivity index (χ0n) is 10.8. The molecular weight excluding hydrogens is 368 g/mol. The first-order chi connectivity index (χ1) is 9.21. The van der Waals surface area contributed by atoms with Gasteiger partial charge in [0.2, 0.25) is 10.0 Å². The number of hydrogen-bond acceptors (Lipinski definition) is 3. The molecule has 1 aromatic rings. The number of nitrogens with zero attached hydrogens (tertiary/aromatic N) is 1. The summed E-state index contributed by atoms with van der Waals surface area (Å²) in [4.78, 5) is 13.8. The summed E-state index contributed by atoms with van der Waals surface area (Å²) in [6, 6.07) is 2.99. The van der Waals surface area contributed by atoms with Crippen molar-refractivity contribution in [3.8, 4) is 0 Å². The highest BCUT2D eigenvalue weighted by Crippen LogP contribution is 2.32. The van der Waals surface area contributed by atoms with Crippen LogP contribution >= 0.6 is 27.5 Å². The van der Waals surface area contributed by atoms with Crippen LogP contribution in [0.3, 0.4) is 0 Å². The van der Waals surface area contributed by atoms with Crippen LogP contribution in [-0.2, 0) is 10.0 Å². The molecule has 110 valence electrons. The Bertz CT molecular complexity index is 659. The lowest BCUT2D eigenvalue weighted by Gasteiger charge is -2.35. The van der Waals surface area contributed by atoms with Crippen LogP contribution < -0.4 is 5.14 Å². The van der Waals surface area contributed by atoms with Gasteiger partial charge in [0.1, 0.15) is 4.90 Å². The number of halogens is 2. The van der Waals surface area contributed by atoms with Gasteiger partial charge in [0.25, 0.3) is 5.91 Å². The van der Waals surface area contributed by atoms with Crippen molar-refractivity contribution in [2.45, 2.75) is 30.2 Å². The first-order valence-corrected chi connectivity index (χ1v) is 8.72. The normalized spacial score (nSPS) is 15.8. The van der Waals surface area contributed by atoms with Crippen LogP contribution in [0.15, 0.2) is 21.5 Å². The molecule has 1 amide bonds. The third-order valence-electron chi connectivity index (χ3n) is 3.48. The van der Waals surface area contributed by atoms with Crippen molar-refractivity contribution < 1.29 is 13.2 Å². The number of nitrogens with two attached hydrogens (primary N) is 1. The van der Waals surface area contributed by atoms with Gasteiger partial charge in [-0.2, -0.15) is 0 Å². The summed E-state index contributed by atoms with van der Waals surface area (Å²) in [5.41, 5.74) is 0.138. The number of sulfonamides is 1. The van der Waals surface area contributed by atoms with Gasteiger partial charge in [0.15, 0.2) is 0 Å². The molecule has 0 aliphatic heterocycles. The zero-order chi connectivity index (χ0) is 15.1. The van der Waals surface area contributed by atoms with E-state index < -0.39 is 10.0 Å². The topological polar surface area (TPSA) is 80.5 Å². The second-order valence-electron chi connectivity index (χ2n) is 4.81. The number of carbonyl (C=O) groups is 1. The average Bonchev–Trinajstić information content (AvgIpc) is 2.27. The van der Waals surface area contributed by atoms with E-state index >= 15 is 0 Å². The lowest BCUT2D eigenvalue weighted by Crippen LogP contribution is -2.41. The van der Waals surface area contributed by atoms with E-state index in [0.29, 0.717) is 4.47 Å². The maximum atomic E-state index is 12.4. The molecule has 2 rings (SSSR count). The van der Waals surface area contributed by atoms with Crippen molar-refractivity contribution in [1.82, 2.24) is 4.90 Å². The molecule has 5 nitrogen and oxygen atoms in total. The van der Waals surface area contributed by atoms with Crippen molar-refractivity contribution in [3.05, 3.63) is 27.2 Å². The fourth-order valence-electron chi connectivity index (χ4n) is 2.06. The Morgan fingerprint density at radius 2 is 2.05 bits per heavy atom. The van der Waals surface area contributed by atoms with Crippen LogP contribution in [0.2, 0.25) is 5.02 Å². The number of benzene rings is 1. The van der Waals surface area contributed by atoms with E-state index in [2.05, 4.69) is 15.9 Å². The van der Waals surface area contributed by atoms with Crippen molar-refractivity contribution in [1.29, 1.82) is 0 Å². The number of carbonyl (C=O) groups excluding carboxylic acids is 1. The smallest absolute Gasteiger partial charge is 0.255 e. The molecule has 2 N–H and O–H groups in total. The quantitative estimate of drug-likeness (QED) is 0.873. The van der Waals surface area contributed by atoms with E-state index in [1.807, 2.05) is 0 Å². The van der Waals surface area contributed by atoms with Gasteiger partial charge in [-0.1, -0.05) is 27.5 Å². The number of amides is 1. The van der Waals surface area contributed by atoms with Crippen LogP contribution in [0.1, 0.15) is 29.6 Å². The highest BCUT2D eigenvalue weighted by molar-refractivity contribution is 9.10. The molecule has 0 saturated heterocycles. The molecule has 1 aliphatic rings. The third-order valence-corrected chi connectivity index (χ3v) is 5.40. The monoisotopic (exact) mass is 380 g/mol. The molecule has 0 aromatic heterocycles. The van der Waals surface area contributed by atoms with E-state index in [1.165, 1.54) is 12.1 Å². The lowest BCUT2D eigenvalue weighted by atomic mass is 9.91. The molecule has 20 heavy (non-hydrogen) atoms. The minimum atomic E-state index is -3.98. The van der Waals surface area contributed by atoms with Crippen molar-refractivity contribution in [2.75, 3.05) is 7.05 Å². The minimum absolute atomic E-state index is 0.133. The van der Waals surface area contributed by atoms with Crippen molar-refractivity contribution in [2.24, 2.45) is 5.14 Å². The highest BCUT2D eigenvalue weighted by atomic mass is 79.9. The van der Waals surface area contributed by atoms with E-state index in [0.717, 1.165) is 19.3 Å². The molecule has 0 bridgehead atoms. The second kappa shape index (κ2) is 5.63. The van der Waals surface area contributed by atoms with E-state index in [1.54, 1.807) is 11.9 Å². The number of primary sulfonamides is 1. The Balaban J connectivity index is 2.46. The molecule has 0 atom stereocenters. The van der Waals surface area contributed by atoms with Gasteiger partial charge < -0.3 is 4.90 Å². The molecule has 8 heteroatoms. The summed E-state index contributed by atoms with van der Waals surface area (Å²) in [5.74, 6) is -0.300. The van der Waals surface area contributed by atoms with E-state index in [4.69, 9.17) is 16.7 Å². The van der Waals surface area contributed by atoms with Gasteiger partial charge in [-0.15, -0.1) is 0 Å². The summed E-state index contributed by atoms with van der Waals surface area (Å²) in [6.07, 6.45) is 3.00. The molecule has 1 saturated carbocycles. The molecule has 0 spiro atoms. The number of hydrogen-bond donors (Lipinski definition) is 1. The fourth-order valence-corrected chi connectivity index (χ4v) is 3.83. The summed E-state index contributed by atoms with van der Waals surface area (Å²) in [7, 11) is -2.29. The maximum Gasteiger partial charge on any atom is 0.255 e. The van der Waals surface area contributed by atoms with Gasteiger partial charge in [0, 0.05) is 17.6 Å².